The Morgan fingerprint density at radius 2 is 1.62 bits per heavy atom. The number of unbranched alkanes of at least 4 members (excludes halogenated alkanes) is 1. The van der Waals surface area contributed by atoms with Gasteiger partial charge in [0.25, 0.3) is 10.1 Å². The predicted octanol–water partition coefficient (Wildman–Crippen LogP) is 0.986. The van der Waals surface area contributed by atoms with Crippen molar-refractivity contribution in [2.24, 2.45) is 11.8 Å². The Labute approximate surface area is 147 Å². The summed E-state index contributed by atoms with van der Waals surface area (Å²) in [5, 5.41) is 15.7. The molecule has 3 N–H and O–H groups in total. The van der Waals surface area contributed by atoms with E-state index in [4.69, 9.17) is 14.8 Å². The Hall–Kier alpha value is -0.150. The van der Waals surface area contributed by atoms with Crippen LogP contribution in [0.2, 0.25) is 0 Å². The van der Waals surface area contributed by atoms with E-state index in [1.807, 2.05) is 13.8 Å². The first-order valence-electron chi connectivity index (χ1n) is 6.56. The van der Waals surface area contributed by atoms with Crippen molar-refractivity contribution in [3.05, 3.63) is 0 Å². The van der Waals surface area contributed by atoms with Gasteiger partial charge in [-0.15, -0.1) is 0 Å². The SMILES string of the molecule is CCCCC(CC)CC(C(=O)O)C(C(=O)O)S(=O)(=O)O.[NaH]. The summed E-state index contributed by atoms with van der Waals surface area (Å²) in [5.74, 6) is -5.10. The molecule has 0 rings (SSSR count). The molecule has 0 saturated carbocycles. The standard InChI is InChI=1S/C12H22O7S.Na.H/c1-3-5-6-8(4-2)7-9(11(13)14)10(12(15)16)20(17,18)19;;/h8-10H,3-7H2,1-2H3,(H,13,14)(H,15,16)(H,17,18,19);;. The maximum absolute atomic E-state index is 11.2. The van der Waals surface area contributed by atoms with Crippen LogP contribution < -0.4 is 0 Å². The van der Waals surface area contributed by atoms with Crippen LogP contribution >= 0.6 is 0 Å². The van der Waals surface area contributed by atoms with Gasteiger partial charge in [0, 0.05) is 0 Å². The minimum atomic E-state index is -4.96. The second-order valence-electron chi connectivity index (χ2n) is 4.87. The van der Waals surface area contributed by atoms with E-state index in [9.17, 15) is 18.0 Å². The first kappa shape index (κ1) is 23.1. The Bertz CT molecular complexity index is 435. The van der Waals surface area contributed by atoms with Crippen molar-refractivity contribution in [2.45, 2.75) is 51.2 Å². The number of carbonyl (C=O) groups is 2. The number of hydrogen-bond donors (Lipinski definition) is 3. The van der Waals surface area contributed by atoms with E-state index in [0.717, 1.165) is 12.8 Å². The molecule has 3 unspecified atom stereocenters. The molecule has 0 spiro atoms. The first-order chi connectivity index (χ1) is 9.15. The fraction of sp³-hybridized carbons (Fsp3) is 0.833. The first-order valence-corrected chi connectivity index (χ1v) is 8.07. The van der Waals surface area contributed by atoms with E-state index >= 15 is 0 Å². The van der Waals surface area contributed by atoms with E-state index in [-0.39, 0.29) is 41.9 Å². The molecule has 0 saturated heterocycles. The molecule has 0 aromatic heterocycles. The molecule has 0 heterocycles. The van der Waals surface area contributed by atoms with Crippen molar-refractivity contribution in [1.82, 2.24) is 0 Å². The number of rotatable bonds is 10. The van der Waals surface area contributed by atoms with E-state index in [2.05, 4.69) is 0 Å². The van der Waals surface area contributed by atoms with Crippen LogP contribution in [0.4, 0.5) is 0 Å². The third kappa shape index (κ3) is 8.15. The third-order valence-corrected chi connectivity index (χ3v) is 4.55. The molecule has 3 atom stereocenters. The molecule has 7 nitrogen and oxygen atoms in total. The zero-order valence-corrected chi connectivity index (χ0v) is 12.5. The van der Waals surface area contributed by atoms with Gasteiger partial charge in [-0.2, -0.15) is 8.42 Å². The van der Waals surface area contributed by atoms with Crippen molar-refractivity contribution in [2.75, 3.05) is 0 Å². The van der Waals surface area contributed by atoms with E-state index < -0.39 is 33.2 Å². The van der Waals surface area contributed by atoms with E-state index in [1.165, 1.54) is 0 Å². The summed E-state index contributed by atoms with van der Waals surface area (Å²) < 4.78 is 31.2. The van der Waals surface area contributed by atoms with Crippen LogP contribution in [0.5, 0.6) is 0 Å². The minimum absolute atomic E-state index is 0. The monoisotopic (exact) mass is 334 g/mol. The van der Waals surface area contributed by atoms with Gasteiger partial charge in [-0.05, 0) is 12.3 Å². The zero-order valence-electron chi connectivity index (χ0n) is 11.7. The average Bonchev–Trinajstić information content (AvgIpc) is 2.30. The van der Waals surface area contributed by atoms with Gasteiger partial charge in [0.2, 0.25) is 0 Å². The van der Waals surface area contributed by atoms with Crippen LogP contribution in [0.3, 0.4) is 0 Å². The van der Waals surface area contributed by atoms with Crippen LogP contribution in [0, 0.1) is 11.8 Å². The normalized spacial score (nSPS) is 15.6. The Kier molecular flexibility index (Phi) is 11.6. The maximum atomic E-state index is 11.2. The summed E-state index contributed by atoms with van der Waals surface area (Å²) in [5.41, 5.74) is 0. The van der Waals surface area contributed by atoms with Gasteiger partial charge in [-0.25, -0.2) is 0 Å². The Balaban J connectivity index is 0. The average molecular weight is 334 g/mol. The van der Waals surface area contributed by atoms with E-state index in [0.29, 0.717) is 12.8 Å². The van der Waals surface area contributed by atoms with Crippen molar-refractivity contribution in [3.63, 3.8) is 0 Å². The molecule has 120 valence electrons. The topological polar surface area (TPSA) is 129 Å². The molecule has 0 fully saturated rings. The van der Waals surface area contributed by atoms with E-state index in [1.54, 1.807) is 0 Å². The molecule has 0 aliphatic rings. The summed E-state index contributed by atoms with van der Waals surface area (Å²) in [4.78, 5) is 22.2. The molecule has 0 amide bonds. The molecule has 0 aromatic carbocycles. The molecular weight excluding hydrogens is 311 g/mol. The van der Waals surface area contributed by atoms with Crippen LogP contribution in [-0.4, -0.2) is 69.9 Å². The Morgan fingerprint density at radius 3 is 1.90 bits per heavy atom. The van der Waals surface area contributed by atoms with Crippen molar-refractivity contribution in [1.29, 1.82) is 0 Å². The van der Waals surface area contributed by atoms with Gasteiger partial charge in [0.15, 0.2) is 5.25 Å². The number of aliphatic carboxylic acids is 2. The number of carboxylic acids is 2. The molecule has 21 heavy (non-hydrogen) atoms. The van der Waals surface area contributed by atoms with Crippen molar-refractivity contribution in [3.8, 4) is 0 Å². The van der Waals surface area contributed by atoms with Crippen LogP contribution in [-0.2, 0) is 19.7 Å². The summed E-state index contributed by atoms with van der Waals surface area (Å²) in [6.07, 6.45) is 3.02. The van der Waals surface area contributed by atoms with Gasteiger partial charge < -0.3 is 10.2 Å². The van der Waals surface area contributed by atoms with Gasteiger partial charge in [-0.1, -0.05) is 39.5 Å². The molecule has 0 radical (unpaired) electrons. The molecule has 0 aromatic rings. The second kappa shape index (κ2) is 10.6. The molecule has 0 aliphatic heterocycles. The number of hydrogen-bond acceptors (Lipinski definition) is 4. The van der Waals surface area contributed by atoms with Crippen LogP contribution in [0.25, 0.3) is 0 Å². The van der Waals surface area contributed by atoms with Gasteiger partial charge in [0.1, 0.15) is 0 Å². The van der Waals surface area contributed by atoms with Crippen molar-refractivity contribution < 1.29 is 32.8 Å². The fourth-order valence-corrected chi connectivity index (χ4v) is 3.10. The second-order valence-corrected chi connectivity index (χ2v) is 6.41. The van der Waals surface area contributed by atoms with Crippen LogP contribution in [0.1, 0.15) is 46.0 Å². The van der Waals surface area contributed by atoms with Gasteiger partial charge in [-0.3, -0.25) is 14.1 Å². The summed E-state index contributed by atoms with van der Waals surface area (Å²) >= 11 is 0. The molecule has 0 aliphatic carbocycles. The zero-order chi connectivity index (χ0) is 15.9. The molecule has 0 bridgehead atoms. The van der Waals surface area contributed by atoms with Gasteiger partial charge >= 0.3 is 41.5 Å². The number of carboxylic acid groups (broad SMARTS) is 2. The molecular formula is C12H23NaO7S. The summed E-state index contributed by atoms with van der Waals surface area (Å²) in [6.45, 7) is 3.81. The predicted molar refractivity (Wildman–Crippen MR) is 79.2 cm³/mol. The quantitative estimate of drug-likeness (QED) is 0.401. The fourth-order valence-electron chi connectivity index (χ4n) is 2.20. The third-order valence-electron chi connectivity index (χ3n) is 3.38. The van der Waals surface area contributed by atoms with Crippen LogP contribution in [0.15, 0.2) is 0 Å². The Morgan fingerprint density at radius 1 is 1.10 bits per heavy atom. The van der Waals surface area contributed by atoms with Gasteiger partial charge in [0.05, 0.1) is 5.92 Å². The molecule has 9 heteroatoms. The summed E-state index contributed by atoms with van der Waals surface area (Å²) in [6, 6.07) is 0. The summed E-state index contributed by atoms with van der Waals surface area (Å²) in [7, 11) is -4.96. The van der Waals surface area contributed by atoms with Crippen molar-refractivity contribution >= 4 is 51.6 Å².